The van der Waals surface area contributed by atoms with Gasteiger partial charge in [0.1, 0.15) is 6.04 Å². The van der Waals surface area contributed by atoms with E-state index in [0.29, 0.717) is 34.3 Å². The highest BCUT2D eigenvalue weighted by Crippen LogP contribution is 2.27. The Morgan fingerprint density at radius 3 is 2.47 bits per heavy atom. The SMILES string of the molecule is Cc1ccc(S(C)(=O)=O)cc1C(=O)N1CCCCC1C(=O)Nc1ccc(Cl)c(Cl)c1. The number of hydrogen-bond donors (Lipinski definition) is 1. The van der Waals surface area contributed by atoms with Gasteiger partial charge in [0.25, 0.3) is 5.91 Å². The third kappa shape index (κ3) is 4.96. The lowest BCUT2D eigenvalue weighted by Gasteiger charge is -2.35. The molecule has 30 heavy (non-hydrogen) atoms. The molecule has 1 unspecified atom stereocenters. The van der Waals surface area contributed by atoms with Crippen molar-refractivity contribution in [3.05, 3.63) is 57.6 Å². The molecule has 9 heteroatoms. The van der Waals surface area contributed by atoms with Gasteiger partial charge in [-0.1, -0.05) is 29.3 Å². The predicted molar refractivity (Wildman–Crippen MR) is 118 cm³/mol. The number of piperidine rings is 1. The van der Waals surface area contributed by atoms with Crippen LogP contribution in [0.4, 0.5) is 5.69 Å². The van der Waals surface area contributed by atoms with Crippen LogP contribution in [0.25, 0.3) is 0 Å². The maximum atomic E-state index is 13.3. The van der Waals surface area contributed by atoms with E-state index in [4.69, 9.17) is 23.2 Å². The summed E-state index contributed by atoms with van der Waals surface area (Å²) in [5, 5.41) is 3.49. The van der Waals surface area contributed by atoms with Crippen molar-refractivity contribution in [3.63, 3.8) is 0 Å². The molecular weight excluding hydrogens is 447 g/mol. The number of carbonyl (C=O) groups excluding carboxylic acids is 2. The molecule has 1 atom stereocenters. The van der Waals surface area contributed by atoms with E-state index in [2.05, 4.69) is 5.32 Å². The van der Waals surface area contributed by atoms with Crippen molar-refractivity contribution in [2.75, 3.05) is 18.1 Å². The number of hydrogen-bond acceptors (Lipinski definition) is 4. The molecule has 0 spiro atoms. The lowest BCUT2D eigenvalue weighted by molar-refractivity contribution is -0.121. The molecule has 1 saturated heterocycles. The van der Waals surface area contributed by atoms with E-state index in [-0.39, 0.29) is 22.3 Å². The molecule has 0 aromatic heterocycles. The van der Waals surface area contributed by atoms with Gasteiger partial charge in [-0.3, -0.25) is 9.59 Å². The van der Waals surface area contributed by atoms with Gasteiger partial charge in [-0.25, -0.2) is 8.42 Å². The van der Waals surface area contributed by atoms with Crippen molar-refractivity contribution in [2.45, 2.75) is 37.1 Å². The van der Waals surface area contributed by atoms with E-state index in [9.17, 15) is 18.0 Å². The molecule has 2 aromatic rings. The number of anilines is 1. The summed E-state index contributed by atoms with van der Waals surface area (Å²) in [5.41, 5.74) is 1.43. The first-order valence-corrected chi connectivity index (χ1v) is 12.1. The monoisotopic (exact) mass is 468 g/mol. The number of sulfone groups is 1. The van der Waals surface area contributed by atoms with E-state index in [1.54, 1.807) is 31.2 Å². The van der Waals surface area contributed by atoms with Crippen LogP contribution < -0.4 is 5.32 Å². The number of rotatable bonds is 4. The summed E-state index contributed by atoms with van der Waals surface area (Å²) in [5.74, 6) is -0.676. The molecule has 1 heterocycles. The van der Waals surface area contributed by atoms with Gasteiger partial charge in [0.05, 0.1) is 14.9 Å². The van der Waals surface area contributed by atoms with Gasteiger partial charge in [-0.05, 0) is 62.1 Å². The maximum Gasteiger partial charge on any atom is 0.254 e. The van der Waals surface area contributed by atoms with Crippen LogP contribution in [-0.2, 0) is 14.6 Å². The minimum Gasteiger partial charge on any atom is -0.327 e. The standard InChI is InChI=1S/C21H22Cl2N2O4S/c1-13-6-8-15(30(2,28)29)12-16(13)21(27)25-10-4-3-5-19(25)20(26)24-14-7-9-17(22)18(23)11-14/h6-9,11-12,19H,3-5,10H2,1-2H3,(H,24,26). The van der Waals surface area contributed by atoms with Crippen molar-refractivity contribution in [3.8, 4) is 0 Å². The molecule has 1 aliphatic rings. The van der Waals surface area contributed by atoms with E-state index < -0.39 is 15.9 Å². The molecule has 0 saturated carbocycles. The van der Waals surface area contributed by atoms with Crippen molar-refractivity contribution in [2.24, 2.45) is 0 Å². The second kappa shape index (κ2) is 8.96. The molecule has 0 radical (unpaired) electrons. The highest BCUT2D eigenvalue weighted by Gasteiger charge is 2.33. The Morgan fingerprint density at radius 1 is 1.07 bits per heavy atom. The molecule has 1 aliphatic heterocycles. The average Bonchev–Trinajstić information content (AvgIpc) is 2.69. The fourth-order valence-corrected chi connectivity index (χ4v) is 4.41. The Hall–Kier alpha value is -2.09. The van der Waals surface area contributed by atoms with E-state index in [1.165, 1.54) is 17.0 Å². The summed E-state index contributed by atoms with van der Waals surface area (Å²) in [6, 6.07) is 8.59. The number of amides is 2. The Bertz CT molecular complexity index is 1100. The fraction of sp³-hybridized carbons (Fsp3) is 0.333. The van der Waals surface area contributed by atoms with Crippen LogP contribution in [-0.4, -0.2) is 44.0 Å². The van der Waals surface area contributed by atoms with Crippen LogP contribution in [0, 0.1) is 6.92 Å². The normalized spacial score (nSPS) is 16.9. The highest BCUT2D eigenvalue weighted by molar-refractivity contribution is 7.90. The molecule has 2 amide bonds. The molecule has 2 aromatic carbocycles. The van der Waals surface area contributed by atoms with Crippen molar-refractivity contribution in [1.82, 2.24) is 4.90 Å². The largest absolute Gasteiger partial charge is 0.327 e. The van der Waals surface area contributed by atoms with Gasteiger partial charge in [0, 0.05) is 24.1 Å². The second-order valence-electron chi connectivity index (χ2n) is 7.38. The van der Waals surface area contributed by atoms with Gasteiger partial charge in [0.15, 0.2) is 9.84 Å². The maximum absolute atomic E-state index is 13.3. The molecule has 6 nitrogen and oxygen atoms in total. The van der Waals surface area contributed by atoms with Crippen LogP contribution in [0.1, 0.15) is 35.2 Å². The molecule has 160 valence electrons. The lowest BCUT2D eigenvalue weighted by atomic mass is 9.98. The first-order valence-electron chi connectivity index (χ1n) is 9.45. The zero-order valence-corrected chi connectivity index (χ0v) is 18.9. The van der Waals surface area contributed by atoms with Gasteiger partial charge in [0.2, 0.25) is 5.91 Å². The minimum absolute atomic E-state index is 0.0743. The zero-order chi connectivity index (χ0) is 22.1. The Balaban J connectivity index is 1.87. The van der Waals surface area contributed by atoms with Gasteiger partial charge >= 0.3 is 0 Å². The zero-order valence-electron chi connectivity index (χ0n) is 16.6. The predicted octanol–water partition coefficient (Wildman–Crippen LogP) is 4.34. The fourth-order valence-electron chi connectivity index (χ4n) is 3.46. The quantitative estimate of drug-likeness (QED) is 0.722. The number of aryl methyl sites for hydroxylation is 1. The molecular formula is C21H22Cl2N2O4S. The summed E-state index contributed by atoms with van der Waals surface area (Å²) < 4.78 is 23.8. The number of benzene rings is 2. The smallest absolute Gasteiger partial charge is 0.254 e. The first-order chi connectivity index (χ1) is 14.1. The number of carbonyl (C=O) groups is 2. The molecule has 1 fully saturated rings. The van der Waals surface area contributed by atoms with Crippen LogP contribution in [0.5, 0.6) is 0 Å². The number of nitrogens with one attached hydrogen (secondary N) is 1. The number of likely N-dealkylation sites (tertiary alicyclic amines) is 1. The van der Waals surface area contributed by atoms with Crippen molar-refractivity contribution < 1.29 is 18.0 Å². The Labute approximate surface area is 186 Å². The van der Waals surface area contributed by atoms with Crippen LogP contribution >= 0.6 is 23.2 Å². The van der Waals surface area contributed by atoms with Crippen molar-refractivity contribution in [1.29, 1.82) is 0 Å². The summed E-state index contributed by atoms with van der Waals surface area (Å²) >= 11 is 11.9. The van der Waals surface area contributed by atoms with Gasteiger partial charge in [-0.2, -0.15) is 0 Å². The number of halogens is 2. The van der Waals surface area contributed by atoms with E-state index in [1.807, 2.05) is 0 Å². The van der Waals surface area contributed by atoms with E-state index >= 15 is 0 Å². The summed E-state index contributed by atoms with van der Waals surface area (Å²) in [4.78, 5) is 27.8. The van der Waals surface area contributed by atoms with Gasteiger partial charge < -0.3 is 10.2 Å². The van der Waals surface area contributed by atoms with Gasteiger partial charge in [-0.15, -0.1) is 0 Å². The third-order valence-corrected chi connectivity index (χ3v) is 6.97. The summed E-state index contributed by atoms with van der Waals surface area (Å²) in [7, 11) is -3.46. The highest BCUT2D eigenvalue weighted by atomic mass is 35.5. The summed E-state index contributed by atoms with van der Waals surface area (Å²) in [6.45, 7) is 2.16. The van der Waals surface area contributed by atoms with E-state index in [0.717, 1.165) is 19.1 Å². The Kier molecular flexibility index (Phi) is 6.75. The van der Waals surface area contributed by atoms with Crippen molar-refractivity contribution >= 4 is 50.5 Å². The molecule has 0 bridgehead atoms. The second-order valence-corrected chi connectivity index (χ2v) is 10.2. The van der Waals surface area contributed by atoms with Crippen LogP contribution in [0.3, 0.4) is 0 Å². The molecule has 1 N–H and O–H groups in total. The first kappa shape index (κ1) is 22.6. The third-order valence-electron chi connectivity index (χ3n) is 5.12. The summed E-state index contributed by atoms with van der Waals surface area (Å²) in [6.07, 6.45) is 3.20. The number of nitrogens with zero attached hydrogens (tertiary/aromatic N) is 1. The van der Waals surface area contributed by atoms with Crippen LogP contribution in [0.15, 0.2) is 41.3 Å². The Morgan fingerprint density at radius 2 is 1.80 bits per heavy atom. The average molecular weight is 469 g/mol. The molecule has 0 aliphatic carbocycles. The topological polar surface area (TPSA) is 83.6 Å². The van der Waals surface area contributed by atoms with Crippen LogP contribution in [0.2, 0.25) is 10.0 Å². The molecule has 3 rings (SSSR count). The minimum atomic E-state index is -3.46. The lowest BCUT2D eigenvalue weighted by Crippen LogP contribution is -2.50.